The zero-order valence-corrected chi connectivity index (χ0v) is 17.8. The minimum Gasteiger partial charge on any atom is -0.497 e. The van der Waals surface area contributed by atoms with Crippen molar-refractivity contribution in [2.45, 2.75) is 18.9 Å². The van der Waals surface area contributed by atoms with E-state index in [9.17, 15) is 14.9 Å². The second-order valence-corrected chi connectivity index (χ2v) is 8.14. The van der Waals surface area contributed by atoms with E-state index < -0.39 is 12.0 Å². The molecule has 156 valence electrons. The SMILES string of the molecule is COc1ccc(N2C(=O)CCC(C(=O)Nc3sccc3C#N)C2c2ccccc2)cc1. The molecule has 1 aromatic heterocycles. The number of nitrogens with zero attached hydrogens (tertiary/aromatic N) is 2. The Hall–Kier alpha value is -3.63. The highest BCUT2D eigenvalue weighted by Gasteiger charge is 2.41. The number of carbonyl (C=O) groups is 2. The van der Waals surface area contributed by atoms with E-state index in [2.05, 4.69) is 11.4 Å². The highest BCUT2D eigenvalue weighted by molar-refractivity contribution is 7.14. The maximum absolute atomic E-state index is 13.3. The fourth-order valence-corrected chi connectivity index (χ4v) is 4.68. The fourth-order valence-electron chi connectivity index (χ4n) is 3.94. The molecule has 0 saturated carbocycles. The van der Waals surface area contributed by atoms with Gasteiger partial charge in [-0.2, -0.15) is 5.26 Å². The van der Waals surface area contributed by atoms with Crippen molar-refractivity contribution < 1.29 is 14.3 Å². The molecule has 6 nitrogen and oxygen atoms in total. The number of hydrogen-bond donors (Lipinski definition) is 1. The number of methoxy groups -OCH3 is 1. The molecule has 0 bridgehead atoms. The molecule has 1 aliphatic heterocycles. The van der Waals surface area contributed by atoms with E-state index in [0.29, 0.717) is 28.4 Å². The van der Waals surface area contributed by atoms with E-state index in [1.54, 1.807) is 35.6 Å². The van der Waals surface area contributed by atoms with Crippen LogP contribution in [-0.4, -0.2) is 18.9 Å². The van der Waals surface area contributed by atoms with Gasteiger partial charge in [-0.3, -0.25) is 9.59 Å². The van der Waals surface area contributed by atoms with Crippen LogP contribution in [0.4, 0.5) is 10.7 Å². The van der Waals surface area contributed by atoms with Gasteiger partial charge in [0, 0.05) is 12.1 Å². The molecule has 1 N–H and O–H groups in total. The number of anilines is 2. The van der Waals surface area contributed by atoms with E-state index in [-0.39, 0.29) is 18.2 Å². The van der Waals surface area contributed by atoms with Crippen molar-refractivity contribution in [2.75, 3.05) is 17.3 Å². The summed E-state index contributed by atoms with van der Waals surface area (Å²) in [5, 5.41) is 14.5. The molecule has 2 amide bonds. The minimum absolute atomic E-state index is 0.0306. The maximum Gasteiger partial charge on any atom is 0.230 e. The first kappa shape index (κ1) is 20.6. The van der Waals surface area contributed by atoms with E-state index in [4.69, 9.17) is 4.74 Å². The molecule has 2 aromatic carbocycles. The molecule has 2 heterocycles. The van der Waals surface area contributed by atoms with Crippen molar-refractivity contribution in [1.29, 1.82) is 5.26 Å². The molecule has 7 heteroatoms. The van der Waals surface area contributed by atoms with Gasteiger partial charge in [-0.1, -0.05) is 30.3 Å². The predicted molar refractivity (Wildman–Crippen MR) is 120 cm³/mol. The van der Waals surface area contributed by atoms with E-state index >= 15 is 0 Å². The largest absolute Gasteiger partial charge is 0.497 e. The third-order valence-electron chi connectivity index (χ3n) is 5.45. The Morgan fingerprint density at radius 2 is 1.90 bits per heavy atom. The average Bonchev–Trinajstić information content (AvgIpc) is 3.26. The number of nitrogens with one attached hydrogen (secondary N) is 1. The number of ether oxygens (including phenoxy) is 1. The molecule has 0 radical (unpaired) electrons. The Balaban J connectivity index is 1.72. The first-order valence-electron chi connectivity index (χ1n) is 9.92. The molecule has 0 spiro atoms. The second-order valence-electron chi connectivity index (χ2n) is 7.23. The van der Waals surface area contributed by atoms with Gasteiger partial charge in [-0.25, -0.2) is 0 Å². The van der Waals surface area contributed by atoms with Crippen LogP contribution < -0.4 is 15.0 Å². The lowest BCUT2D eigenvalue weighted by molar-refractivity contribution is -0.125. The van der Waals surface area contributed by atoms with Gasteiger partial charge in [-0.05, 0) is 47.7 Å². The van der Waals surface area contributed by atoms with Gasteiger partial charge in [0.1, 0.15) is 16.8 Å². The summed E-state index contributed by atoms with van der Waals surface area (Å²) in [6.45, 7) is 0. The van der Waals surface area contributed by atoms with Crippen molar-refractivity contribution in [1.82, 2.24) is 0 Å². The Morgan fingerprint density at radius 1 is 1.16 bits per heavy atom. The van der Waals surface area contributed by atoms with Gasteiger partial charge in [0.25, 0.3) is 0 Å². The van der Waals surface area contributed by atoms with Crippen LogP contribution in [0.5, 0.6) is 5.75 Å². The lowest BCUT2D eigenvalue weighted by atomic mass is 9.83. The summed E-state index contributed by atoms with van der Waals surface area (Å²) in [7, 11) is 1.59. The summed E-state index contributed by atoms with van der Waals surface area (Å²) in [6.07, 6.45) is 0.702. The first-order valence-corrected chi connectivity index (χ1v) is 10.8. The molecule has 4 rings (SSSR count). The molecular formula is C24H21N3O3S. The minimum atomic E-state index is -0.462. The van der Waals surface area contributed by atoms with Crippen LogP contribution in [0.2, 0.25) is 0 Å². The Morgan fingerprint density at radius 3 is 2.58 bits per heavy atom. The zero-order chi connectivity index (χ0) is 21.8. The number of amides is 2. The van der Waals surface area contributed by atoms with E-state index in [1.807, 2.05) is 42.5 Å². The maximum atomic E-state index is 13.3. The van der Waals surface area contributed by atoms with Crippen molar-refractivity contribution >= 4 is 33.8 Å². The molecule has 3 aromatic rings. The molecule has 1 fully saturated rings. The normalized spacial score (nSPS) is 18.3. The molecule has 1 aliphatic rings. The number of thiophene rings is 1. The summed E-state index contributed by atoms with van der Waals surface area (Å²) >= 11 is 1.32. The number of rotatable bonds is 5. The van der Waals surface area contributed by atoms with Crippen LogP contribution in [0.3, 0.4) is 0 Å². The molecule has 31 heavy (non-hydrogen) atoms. The highest BCUT2D eigenvalue weighted by atomic mass is 32.1. The van der Waals surface area contributed by atoms with E-state index in [1.165, 1.54) is 11.3 Å². The van der Waals surface area contributed by atoms with Gasteiger partial charge in [-0.15, -0.1) is 11.3 Å². The monoisotopic (exact) mass is 431 g/mol. The van der Waals surface area contributed by atoms with Gasteiger partial charge in [0.05, 0.1) is 24.6 Å². The summed E-state index contributed by atoms with van der Waals surface area (Å²) in [4.78, 5) is 28.1. The summed E-state index contributed by atoms with van der Waals surface area (Å²) in [5.41, 5.74) is 2.04. The van der Waals surface area contributed by atoms with Crippen LogP contribution in [0, 0.1) is 17.2 Å². The standard InChI is InChI=1S/C24H21N3O3S/c1-30-19-9-7-18(8-10-19)27-21(28)12-11-20(22(27)16-5-3-2-4-6-16)23(29)26-24-17(15-25)13-14-31-24/h2-10,13-14,20,22H,11-12H2,1H3,(H,26,29). The lowest BCUT2D eigenvalue weighted by Gasteiger charge is -2.40. The summed E-state index contributed by atoms with van der Waals surface area (Å²) in [5.74, 6) is 0.00653. The fraction of sp³-hybridized carbons (Fsp3) is 0.208. The predicted octanol–water partition coefficient (Wildman–Crippen LogP) is 4.75. The van der Waals surface area contributed by atoms with Crippen molar-refractivity contribution in [2.24, 2.45) is 5.92 Å². The number of nitriles is 1. The third kappa shape index (κ3) is 4.16. The van der Waals surface area contributed by atoms with Crippen LogP contribution in [-0.2, 0) is 9.59 Å². The van der Waals surface area contributed by atoms with Crippen LogP contribution in [0.25, 0.3) is 0 Å². The molecule has 2 unspecified atom stereocenters. The lowest BCUT2D eigenvalue weighted by Crippen LogP contribution is -2.46. The van der Waals surface area contributed by atoms with Crippen molar-refractivity contribution in [3.05, 3.63) is 77.2 Å². The van der Waals surface area contributed by atoms with Gasteiger partial charge in [0.15, 0.2) is 0 Å². The van der Waals surface area contributed by atoms with Crippen LogP contribution in [0.15, 0.2) is 66.0 Å². The van der Waals surface area contributed by atoms with Gasteiger partial charge in [0.2, 0.25) is 11.8 Å². The average molecular weight is 432 g/mol. The molecular weight excluding hydrogens is 410 g/mol. The quantitative estimate of drug-likeness (QED) is 0.632. The van der Waals surface area contributed by atoms with E-state index in [0.717, 1.165) is 5.56 Å². The van der Waals surface area contributed by atoms with Crippen molar-refractivity contribution in [3.63, 3.8) is 0 Å². The smallest absolute Gasteiger partial charge is 0.230 e. The van der Waals surface area contributed by atoms with Gasteiger partial charge >= 0.3 is 0 Å². The van der Waals surface area contributed by atoms with Crippen LogP contribution >= 0.6 is 11.3 Å². The van der Waals surface area contributed by atoms with Gasteiger partial charge < -0.3 is 15.0 Å². The summed E-state index contributed by atoms with van der Waals surface area (Å²) < 4.78 is 5.24. The summed E-state index contributed by atoms with van der Waals surface area (Å²) in [6, 6.07) is 20.2. The first-order chi connectivity index (χ1) is 15.1. The molecule has 1 saturated heterocycles. The molecule has 0 aliphatic carbocycles. The Kier molecular flexibility index (Phi) is 6.01. The highest BCUT2D eigenvalue weighted by Crippen LogP contribution is 2.41. The number of benzene rings is 2. The van der Waals surface area contributed by atoms with Crippen LogP contribution in [0.1, 0.15) is 30.0 Å². The molecule has 2 atom stereocenters. The number of carbonyl (C=O) groups excluding carboxylic acids is 2. The number of hydrogen-bond acceptors (Lipinski definition) is 5. The third-order valence-corrected chi connectivity index (χ3v) is 6.28. The zero-order valence-electron chi connectivity index (χ0n) is 16.9. The number of piperidine rings is 1. The van der Waals surface area contributed by atoms with Crippen molar-refractivity contribution in [3.8, 4) is 11.8 Å². The Bertz CT molecular complexity index is 1120. The Labute approximate surface area is 184 Å². The topological polar surface area (TPSA) is 82.4 Å². The second kappa shape index (κ2) is 9.02.